The highest BCUT2D eigenvalue weighted by molar-refractivity contribution is 7.80. The summed E-state index contributed by atoms with van der Waals surface area (Å²) < 4.78 is 12.6. The lowest BCUT2D eigenvalue weighted by Crippen LogP contribution is -2.16. The van der Waals surface area contributed by atoms with Crippen LogP contribution in [0.3, 0.4) is 0 Å². The molecule has 0 fully saturated rings. The van der Waals surface area contributed by atoms with Crippen molar-refractivity contribution in [3.63, 3.8) is 0 Å². The van der Waals surface area contributed by atoms with Crippen molar-refractivity contribution in [3.05, 3.63) is 30.1 Å². The van der Waals surface area contributed by atoms with Crippen LogP contribution in [0.1, 0.15) is 12.2 Å². The Labute approximate surface area is 130 Å². The number of ether oxygens (including phenoxy) is 2. The molecule has 0 saturated carbocycles. The van der Waals surface area contributed by atoms with E-state index in [1.54, 1.807) is 7.11 Å². The summed E-state index contributed by atoms with van der Waals surface area (Å²) in [5, 5.41) is 0. The van der Waals surface area contributed by atoms with Gasteiger partial charge in [0.25, 0.3) is 0 Å². The van der Waals surface area contributed by atoms with Gasteiger partial charge in [0.1, 0.15) is 5.82 Å². The Morgan fingerprint density at radius 2 is 2.10 bits per heavy atom. The maximum Gasteiger partial charge on any atom is 0.116 e. The molecule has 1 aromatic carbocycles. The number of benzene rings is 1. The Morgan fingerprint density at radius 3 is 2.86 bits per heavy atom. The molecule has 2 rings (SSSR count). The van der Waals surface area contributed by atoms with Crippen LogP contribution < -0.4 is 5.73 Å². The van der Waals surface area contributed by atoms with Gasteiger partial charge in [-0.05, 0) is 18.6 Å². The Kier molecular flexibility index (Phi) is 6.10. The van der Waals surface area contributed by atoms with Gasteiger partial charge in [0.2, 0.25) is 0 Å². The lowest BCUT2D eigenvalue weighted by atomic mass is 10.3. The molecule has 0 atom stereocenters. The Bertz CT molecular complexity index is 598. The van der Waals surface area contributed by atoms with Crippen LogP contribution in [0.5, 0.6) is 0 Å². The van der Waals surface area contributed by atoms with E-state index in [-0.39, 0.29) is 0 Å². The zero-order valence-electron chi connectivity index (χ0n) is 12.2. The van der Waals surface area contributed by atoms with Crippen molar-refractivity contribution in [2.24, 2.45) is 5.73 Å². The fourth-order valence-corrected chi connectivity index (χ4v) is 2.36. The minimum atomic E-state index is 0.461. The monoisotopic (exact) mass is 307 g/mol. The van der Waals surface area contributed by atoms with E-state index in [4.69, 9.17) is 27.4 Å². The van der Waals surface area contributed by atoms with E-state index in [1.807, 2.05) is 18.2 Å². The molecule has 2 aromatic rings. The molecular formula is C15H21N3O2S. The summed E-state index contributed by atoms with van der Waals surface area (Å²) >= 11 is 5.01. The van der Waals surface area contributed by atoms with Crippen molar-refractivity contribution in [2.45, 2.75) is 19.4 Å². The largest absolute Gasteiger partial charge is 0.393 e. The number of thiocarbonyl (C=S) groups is 1. The number of nitrogens with two attached hydrogens (primary N) is 1. The first-order chi connectivity index (χ1) is 10.2. The number of fused-ring (bicyclic) bond motifs is 1. The van der Waals surface area contributed by atoms with Gasteiger partial charge in [-0.1, -0.05) is 24.4 Å². The molecule has 0 aliphatic heterocycles. The zero-order chi connectivity index (χ0) is 15.1. The van der Waals surface area contributed by atoms with Crippen LogP contribution in [0.4, 0.5) is 0 Å². The van der Waals surface area contributed by atoms with Gasteiger partial charge in [-0.2, -0.15) is 0 Å². The van der Waals surface area contributed by atoms with Crippen LogP contribution in [0.2, 0.25) is 0 Å². The minimum Gasteiger partial charge on any atom is -0.393 e. The normalized spacial score (nSPS) is 11.1. The van der Waals surface area contributed by atoms with Gasteiger partial charge in [0, 0.05) is 20.3 Å². The number of aryl methyl sites for hydroxylation is 1. The molecule has 6 heteroatoms. The molecule has 114 valence electrons. The Balaban J connectivity index is 2.03. The van der Waals surface area contributed by atoms with Crippen LogP contribution >= 0.6 is 12.2 Å². The number of aromatic nitrogens is 2. The number of para-hydroxylation sites is 2. The number of hydrogen-bond donors (Lipinski definition) is 1. The van der Waals surface area contributed by atoms with Gasteiger partial charge in [-0.3, -0.25) is 0 Å². The van der Waals surface area contributed by atoms with Gasteiger partial charge in [0.05, 0.1) is 35.7 Å². The maximum atomic E-state index is 5.66. The van der Waals surface area contributed by atoms with Gasteiger partial charge >= 0.3 is 0 Å². The average Bonchev–Trinajstić information content (AvgIpc) is 2.79. The average molecular weight is 307 g/mol. The minimum absolute atomic E-state index is 0.461. The molecule has 0 unspecified atom stereocenters. The van der Waals surface area contributed by atoms with E-state index in [9.17, 15) is 0 Å². The number of methoxy groups -OCH3 is 1. The van der Waals surface area contributed by atoms with E-state index >= 15 is 0 Å². The standard InChI is InChI=1S/C15H21N3O2S/c1-19-9-10-20-8-4-7-18-13-6-3-2-5-12(13)17-15(18)11-14(16)21/h2-3,5-6H,4,7-11H2,1H3,(H2,16,21). The third-order valence-electron chi connectivity index (χ3n) is 3.17. The molecule has 2 N–H and O–H groups in total. The molecule has 0 radical (unpaired) electrons. The Hall–Kier alpha value is -1.50. The second-order valence-electron chi connectivity index (χ2n) is 4.77. The van der Waals surface area contributed by atoms with Crippen LogP contribution in [0, 0.1) is 0 Å². The van der Waals surface area contributed by atoms with Crippen molar-refractivity contribution in [1.82, 2.24) is 9.55 Å². The van der Waals surface area contributed by atoms with E-state index < -0.39 is 0 Å². The number of hydrogen-bond acceptors (Lipinski definition) is 4. The summed E-state index contributed by atoms with van der Waals surface area (Å²) in [7, 11) is 1.67. The fraction of sp³-hybridized carbons (Fsp3) is 0.467. The quantitative estimate of drug-likeness (QED) is 0.566. The number of rotatable bonds is 9. The predicted molar refractivity (Wildman–Crippen MR) is 87.5 cm³/mol. The molecule has 0 saturated heterocycles. The van der Waals surface area contributed by atoms with E-state index in [0.717, 1.165) is 29.8 Å². The van der Waals surface area contributed by atoms with E-state index in [1.165, 1.54) is 0 Å². The zero-order valence-corrected chi connectivity index (χ0v) is 13.1. The third kappa shape index (κ3) is 4.49. The van der Waals surface area contributed by atoms with Gasteiger partial charge in [-0.15, -0.1) is 0 Å². The summed E-state index contributed by atoms with van der Waals surface area (Å²) in [5.74, 6) is 0.917. The molecule has 21 heavy (non-hydrogen) atoms. The molecule has 0 bridgehead atoms. The Morgan fingerprint density at radius 1 is 1.29 bits per heavy atom. The summed E-state index contributed by atoms with van der Waals surface area (Å²) in [6, 6.07) is 8.07. The first kappa shape index (κ1) is 15.9. The van der Waals surface area contributed by atoms with Crippen molar-refractivity contribution in [3.8, 4) is 0 Å². The molecule has 1 heterocycles. The van der Waals surface area contributed by atoms with Crippen molar-refractivity contribution in [2.75, 3.05) is 26.9 Å². The summed E-state index contributed by atoms with van der Waals surface area (Å²) in [6.07, 6.45) is 1.43. The van der Waals surface area contributed by atoms with E-state index in [0.29, 0.717) is 31.2 Å². The van der Waals surface area contributed by atoms with Crippen molar-refractivity contribution < 1.29 is 9.47 Å². The first-order valence-electron chi connectivity index (χ1n) is 7.01. The molecule has 1 aromatic heterocycles. The number of nitrogens with zero attached hydrogens (tertiary/aromatic N) is 2. The summed E-state index contributed by atoms with van der Waals surface area (Å²) in [5.41, 5.74) is 7.75. The van der Waals surface area contributed by atoms with Crippen LogP contribution in [0.15, 0.2) is 24.3 Å². The topological polar surface area (TPSA) is 62.3 Å². The molecule has 0 spiro atoms. The SMILES string of the molecule is COCCOCCCn1c(CC(N)=S)nc2ccccc21. The first-order valence-corrected chi connectivity index (χ1v) is 7.42. The van der Waals surface area contributed by atoms with Gasteiger partial charge in [0.15, 0.2) is 0 Å². The molecule has 0 aliphatic rings. The maximum absolute atomic E-state index is 5.66. The van der Waals surface area contributed by atoms with Crippen molar-refractivity contribution in [1.29, 1.82) is 0 Å². The lowest BCUT2D eigenvalue weighted by molar-refractivity contribution is 0.0680. The summed E-state index contributed by atoms with van der Waals surface area (Å²) in [6.45, 7) is 2.79. The second-order valence-corrected chi connectivity index (χ2v) is 5.29. The van der Waals surface area contributed by atoms with Crippen LogP contribution in [-0.4, -0.2) is 41.5 Å². The molecular weight excluding hydrogens is 286 g/mol. The van der Waals surface area contributed by atoms with Gasteiger partial charge < -0.3 is 19.8 Å². The van der Waals surface area contributed by atoms with Crippen molar-refractivity contribution >= 4 is 28.2 Å². The molecule has 5 nitrogen and oxygen atoms in total. The van der Waals surface area contributed by atoms with Crippen LogP contribution in [0.25, 0.3) is 11.0 Å². The highest BCUT2D eigenvalue weighted by Gasteiger charge is 2.10. The molecule has 0 amide bonds. The third-order valence-corrected chi connectivity index (χ3v) is 3.31. The van der Waals surface area contributed by atoms with E-state index in [2.05, 4.69) is 15.6 Å². The lowest BCUT2D eigenvalue weighted by Gasteiger charge is -2.09. The highest BCUT2D eigenvalue weighted by Crippen LogP contribution is 2.17. The number of imidazole rings is 1. The van der Waals surface area contributed by atoms with Gasteiger partial charge in [-0.25, -0.2) is 4.98 Å². The molecule has 0 aliphatic carbocycles. The smallest absolute Gasteiger partial charge is 0.116 e. The fourth-order valence-electron chi connectivity index (χ4n) is 2.23. The highest BCUT2D eigenvalue weighted by atomic mass is 32.1. The predicted octanol–water partition coefficient (Wildman–Crippen LogP) is 1.92. The second kappa shape index (κ2) is 8.07. The summed E-state index contributed by atoms with van der Waals surface area (Å²) in [4.78, 5) is 5.08. The van der Waals surface area contributed by atoms with Crippen LogP contribution in [-0.2, 0) is 22.4 Å².